The summed E-state index contributed by atoms with van der Waals surface area (Å²) >= 11 is 0. The minimum Gasteiger partial charge on any atom is -0.383 e. The van der Waals surface area contributed by atoms with Crippen molar-refractivity contribution in [3.8, 4) is 0 Å². The normalized spacial score (nSPS) is 11.7. The molecule has 0 aromatic heterocycles. The molecule has 0 rings (SSSR count). The standard InChI is InChI=1S/C13H29NO4/c1-5-17-13(18-6-2)7-8-14(9-11-15-3)10-12-16-4/h13H,5-12H2,1-4H3. The second kappa shape index (κ2) is 13.2. The van der Waals surface area contributed by atoms with Crippen molar-refractivity contribution >= 4 is 0 Å². The molecule has 0 aliphatic carbocycles. The fourth-order valence-corrected chi connectivity index (χ4v) is 1.65. The Balaban J connectivity index is 3.94. The first-order valence-corrected chi connectivity index (χ1v) is 6.71. The quantitative estimate of drug-likeness (QED) is 0.469. The second-order valence-electron chi connectivity index (χ2n) is 3.96. The summed E-state index contributed by atoms with van der Waals surface area (Å²) in [6, 6.07) is 0. The molecule has 0 fully saturated rings. The molecule has 0 aromatic carbocycles. The van der Waals surface area contributed by atoms with Crippen LogP contribution in [0.3, 0.4) is 0 Å². The first kappa shape index (κ1) is 17.8. The smallest absolute Gasteiger partial charge is 0.158 e. The van der Waals surface area contributed by atoms with E-state index in [1.807, 2.05) is 13.8 Å². The number of rotatable bonds is 13. The van der Waals surface area contributed by atoms with Gasteiger partial charge in [-0.15, -0.1) is 0 Å². The van der Waals surface area contributed by atoms with Gasteiger partial charge >= 0.3 is 0 Å². The molecule has 5 nitrogen and oxygen atoms in total. The van der Waals surface area contributed by atoms with E-state index in [9.17, 15) is 0 Å². The molecule has 0 aromatic rings. The third-order valence-electron chi connectivity index (χ3n) is 2.61. The highest BCUT2D eigenvalue weighted by Crippen LogP contribution is 2.03. The second-order valence-corrected chi connectivity index (χ2v) is 3.96. The maximum absolute atomic E-state index is 5.53. The van der Waals surface area contributed by atoms with E-state index in [-0.39, 0.29) is 6.29 Å². The lowest BCUT2D eigenvalue weighted by Gasteiger charge is -2.24. The molecular weight excluding hydrogens is 234 g/mol. The van der Waals surface area contributed by atoms with Gasteiger partial charge in [0.2, 0.25) is 0 Å². The van der Waals surface area contributed by atoms with Crippen LogP contribution in [0.4, 0.5) is 0 Å². The molecule has 0 heterocycles. The van der Waals surface area contributed by atoms with Gasteiger partial charge in [0.15, 0.2) is 6.29 Å². The minimum atomic E-state index is -0.104. The summed E-state index contributed by atoms with van der Waals surface area (Å²) in [5.74, 6) is 0. The molecular formula is C13H29NO4. The third-order valence-corrected chi connectivity index (χ3v) is 2.61. The highest BCUT2D eigenvalue weighted by atomic mass is 16.7. The summed E-state index contributed by atoms with van der Waals surface area (Å²) in [6.45, 7) is 9.54. The van der Waals surface area contributed by atoms with E-state index in [0.29, 0.717) is 13.2 Å². The number of hydrogen-bond donors (Lipinski definition) is 0. The Morgan fingerprint density at radius 1 is 0.833 bits per heavy atom. The Kier molecular flexibility index (Phi) is 13.1. The zero-order chi connectivity index (χ0) is 13.6. The summed E-state index contributed by atoms with van der Waals surface area (Å²) in [4.78, 5) is 2.30. The van der Waals surface area contributed by atoms with Crippen molar-refractivity contribution in [3.63, 3.8) is 0 Å². The molecule has 0 N–H and O–H groups in total. The Hall–Kier alpha value is -0.200. The van der Waals surface area contributed by atoms with Gasteiger partial charge in [0.05, 0.1) is 13.2 Å². The highest BCUT2D eigenvalue weighted by Gasteiger charge is 2.11. The van der Waals surface area contributed by atoms with Gasteiger partial charge in [0, 0.05) is 53.5 Å². The van der Waals surface area contributed by atoms with Crippen LogP contribution in [0.25, 0.3) is 0 Å². The Morgan fingerprint density at radius 3 is 1.72 bits per heavy atom. The SMILES string of the molecule is CCOC(CCN(CCOC)CCOC)OCC. The summed E-state index contributed by atoms with van der Waals surface area (Å²) < 4.78 is 21.3. The van der Waals surface area contributed by atoms with Crippen molar-refractivity contribution in [1.82, 2.24) is 4.90 Å². The summed E-state index contributed by atoms with van der Waals surface area (Å²) in [5.41, 5.74) is 0. The lowest BCUT2D eigenvalue weighted by molar-refractivity contribution is -0.142. The van der Waals surface area contributed by atoms with E-state index in [1.165, 1.54) is 0 Å². The van der Waals surface area contributed by atoms with E-state index in [4.69, 9.17) is 18.9 Å². The lowest BCUT2D eigenvalue weighted by Crippen LogP contribution is -2.34. The first-order chi connectivity index (χ1) is 8.78. The van der Waals surface area contributed by atoms with Gasteiger partial charge in [-0.3, -0.25) is 4.90 Å². The topological polar surface area (TPSA) is 40.2 Å². The molecule has 18 heavy (non-hydrogen) atoms. The fourth-order valence-electron chi connectivity index (χ4n) is 1.65. The van der Waals surface area contributed by atoms with Crippen LogP contribution in [0.1, 0.15) is 20.3 Å². The molecule has 0 bridgehead atoms. The van der Waals surface area contributed by atoms with Gasteiger partial charge in [0.1, 0.15) is 0 Å². The number of nitrogens with zero attached hydrogens (tertiary/aromatic N) is 1. The molecule has 0 saturated heterocycles. The summed E-state index contributed by atoms with van der Waals surface area (Å²) in [5, 5.41) is 0. The molecule has 0 spiro atoms. The van der Waals surface area contributed by atoms with Gasteiger partial charge < -0.3 is 18.9 Å². The average Bonchev–Trinajstić information content (AvgIpc) is 2.38. The van der Waals surface area contributed by atoms with Crippen LogP contribution in [0.5, 0.6) is 0 Å². The van der Waals surface area contributed by atoms with Crippen molar-refractivity contribution in [2.24, 2.45) is 0 Å². The van der Waals surface area contributed by atoms with Crippen LogP contribution in [-0.2, 0) is 18.9 Å². The number of ether oxygens (including phenoxy) is 4. The van der Waals surface area contributed by atoms with Crippen molar-refractivity contribution in [1.29, 1.82) is 0 Å². The van der Waals surface area contributed by atoms with Crippen LogP contribution in [0, 0.1) is 0 Å². The van der Waals surface area contributed by atoms with Crippen LogP contribution < -0.4 is 0 Å². The fraction of sp³-hybridized carbons (Fsp3) is 1.00. The van der Waals surface area contributed by atoms with Crippen molar-refractivity contribution in [3.05, 3.63) is 0 Å². The molecule has 0 radical (unpaired) electrons. The largest absolute Gasteiger partial charge is 0.383 e. The van der Waals surface area contributed by atoms with E-state index in [1.54, 1.807) is 14.2 Å². The van der Waals surface area contributed by atoms with Gasteiger partial charge in [0.25, 0.3) is 0 Å². The van der Waals surface area contributed by atoms with E-state index >= 15 is 0 Å². The molecule has 0 saturated carbocycles. The van der Waals surface area contributed by atoms with Gasteiger partial charge in [-0.2, -0.15) is 0 Å². The van der Waals surface area contributed by atoms with Crippen LogP contribution >= 0.6 is 0 Å². The Labute approximate surface area is 111 Å². The molecule has 0 amide bonds. The summed E-state index contributed by atoms with van der Waals surface area (Å²) in [6.07, 6.45) is 0.766. The van der Waals surface area contributed by atoms with Crippen LogP contribution in [0.15, 0.2) is 0 Å². The summed E-state index contributed by atoms with van der Waals surface area (Å²) in [7, 11) is 3.44. The maximum atomic E-state index is 5.53. The van der Waals surface area contributed by atoms with Gasteiger partial charge in [-0.05, 0) is 13.8 Å². The average molecular weight is 263 g/mol. The van der Waals surface area contributed by atoms with Gasteiger partial charge in [-0.25, -0.2) is 0 Å². The molecule has 0 aliphatic rings. The van der Waals surface area contributed by atoms with Crippen LogP contribution in [0.2, 0.25) is 0 Å². The zero-order valence-electron chi connectivity index (χ0n) is 12.3. The monoisotopic (exact) mass is 263 g/mol. The van der Waals surface area contributed by atoms with Gasteiger partial charge in [-0.1, -0.05) is 0 Å². The van der Waals surface area contributed by atoms with Crippen molar-refractivity contribution in [2.45, 2.75) is 26.6 Å². The first-order valence-electron chi connectivity index (χ1n) is 6.71. The third kappa shape index (κ3) is 9.79. The van der Waals surface area contributed by atoms with Crippen LogP contribution in [-0.4, -0.2) is 71.5 Å². The number of hydrogen-bond acceptors (Lipinski definition) is 5. The molecule has 0 atom stereocenters. The molecule has 0 unspecified atom stereocenters. The predicted octanol–water partition coefficient (Wildman–Crippen LogP) is 1.37. The minimum absolute atomic E-state index is 0.104. The van der Waals surface area contributed by atoms with E-state index < -0.39 is 0 Å². The Bertz CT molecular complexity index is 155. The van der Waals surface area contributed by atoms with E-state index in [0.717, 1.165) is 39.3 Å². The maximum Gasteiger partial charge on any atom is 0.158 e. The molecule has 110 valence electrons. The van der Waals surface area contributed by atoms with Crippen molar-refractivity contribution in [2.75, 3.05) is 60.3 Å². The molecule has 0 aliphatic heterocycles. The van der Waals surface area contributed by atoms with Crippen molar-refractivity contribution < 1.29 is 18.9 Å². The van der Waals surface area contributed by atoms with E-state index in [2.05, 4.69) is 4.90 Å². The predicted molar refractivity (Wildman–Crippen MR) is 71.8 cm³/mol. The number of methoxy groups -OCH3 is 2. The highest BCUT2D eigenvalue weighted by molar-refractivity contribution is 4.59. The Morgan fingerprint density at radius 2 is 1.33 bits per heavy atom. The lowest BCUT2D eigenvalue weighted by atomic mass is 10.3. The molecule has 5 heteroatoms. The zero-order valence-corrected chi connectivity index (χ0v) is 12.3.